The smallest absolute Gasteiger partial charge is 0.417 e. The Morgan fingerprint density at radius 2 is 1.84 bits per heavy atom. The average Bonchev–Trinajstić information content (AvgIpc) is 3.15. The molecule has 3 aromatic rings. The van der Waals surface area contributed by atoms with E-state index < -0.39 is 17.7 Å². The minimum Gasteiger partial charge on any atom is -0.497 e. The van der Waals surface area contributed by atoms with E-state index in [-0.39, 0.29) is 5.91 Å². The highest BCUT2D eigenvalue weighted by Crippen LogP contribution is 2.23. The van der Waals surface area contributed by atoms with Crippen molar-refractivity contribution in [2.75, 3.05) is 31.5 Å². The number of methoxy groups -OCH3 is 2. The highest BCUT2D eigenvalue weighted by atomic mass is 32.2. The number of H-pyrrole nitrogens is 1. The number of aromatic nitrogens is 1. The summed E-state index contributed by atoms with van der Waals surface area (Å²) in [6.45, 7) is 0. The van der Waals surface area contributed by atoms with Gasteiger partial charge in [0.2, 0.25) is 5.91 Å². The molecule has 3 N–H and O–H groups in total. The van der Waals surface area contributed by atoms with Crippen LogP contribution in [0.5, 0.6) is 11.5 Å². The van der Waals surface area contributed by atoms with Crippen LogP contribution < -0.4 is 25.9 Å². The maximum absolute atomic E-state index is 12.9. The number of rotatable bonds is 9. The molecule has 0 radical (unpaired) electrons. The number of carbonyl (C=O) groups excluding carboxylic acids is 2. The first kappa shape index (κ1) is 22.3. The summed E-state index contributed by atoms with van der Waals surface area (Å²) < 4.78 is 15.4. The fourth-order valence-corrected chi connectivity index (χ4v) is 3.42. The number of nitrogens with one attached hydrogen (secondary N) is 3. The van der Waals surface area contributed by atoms with Crippen LogP contribution in [0, 0.1) is 0 Å². The van der Waals surface area contributed by atoms with Crippen LogP contribution >= 0.6 is 11.8 Å². The number of benzene rings is 2. The summed E-state index contributed by atoms with van der Waals surface area (Å²) in [6.07, 6.45) is 2.36. The number of oxazole rings is 1. The minimum atomic E-state index is -0.767. The topological polar surface area (TPSA) is 123 Å². The second-order valence-corrected chi connectivity index (χ2v) is 7.61. The number of amides is 2. The monoisotopic (exact) mass is 445 g/mol. The van der Waals surface area contributed by atoms with Crippen LogP contribution in [0.3, 0.4) is 0 Å². The summed E-state index contributed by atoms with van der Waals surface area (Å²) in [7, 11) is 2.99. The molecule has 0 spiro atoms. The van der Waals surface area contributed by atoms with Crippen molar-refractivity contribution < 1.29 is 23.5 Å². The molecular formula is C21H23N3O6S. The number of carbonyl (C=O) groups is 2. The number of thioether (sulfide) groups is 1. The van der Waals surface area contributed by atoms with E-state index >= 15 is 0 Å². The lowest BCUT2D eigenvalue weighted by Crippen LogP contribution is -2.44. The van der Waals surface area contributed by atoms with Crippen LogP contribution in [0.25, 0.3) is 11.1 Å². The second-order valence-electron chi connectivity index (χ2n) is 6.62. The molecule has 0 unspecified atom stereocenters. The quantitative estimate of drug-likeness (QED) is 0.463. The van der Waals surface area contributed by atoms with Crippen LogP contribution in [0.15, 0.2) is 45.6 Å². The lowest BCUT2D eigenvalue weighted by molar-refractivity contribution is -0.118. The third-order valence-corrected chi connectivity index (χ3v) is 5.18. The second kappa shape index (κ2) is 10.1. The third-order valence-electron chi connectivity index (χ3n) is 4.53. The largest absolute Gasteiger partial charge is 0.497 e. The molecule has 10 heteroatoms. The van der Waals surface area contributed by atoms with Gasteiger partial charge in [-0.3, -0.25) is 14.6 Å². The number of ether oxygens (including phenoxy) is 2. The Morgan fingerprint density at radius 1 is 1.13 bits per heavy atom. The molecule has 1 heterocycles. The predicted molar refractivity (Wildman–Crippen MR) is 119 cm³/mol. The van der Waals surface area contributed by atoms with Gasteiger partial charge >= 0.3 is 5.76 Å². The van der Waals surface area contributed by atoms with Gasteiger partial charge in [-0.25, -0.2) is 4.79 Å². The molecule has 31 heavy (non-hydrogen) atoms. The van der Waals surface area contributed by atoms with E-state index in [1.165, 1.54) is 14.2 Å². The van der Waals surface area contributed by atoms with Gasteiger partial charge in [-0.15, -0.1) is 0 Å². The van der Waals surface area contributed by atoms with E-state index in [0.29, 0.717) is 46.0 Å². The summed E-state index contributed by atoms with van der Waals surface area (Å²) in [6, 6.07) is 8.84. The first-order valence-corrected chi connectivity index (χ1v) is 10.8. The van der Waals surface area contributed by atoms with Gasteiger partial charge in [0.25, 0.3) is 5.91 Å². The normalized spacial score (nSPS) is 11.7. The Morgan fingerprint density at radius 3 is 2.48 bits per heavy atom. The molecule has 1 aromatic heterocycles. The van der Waals surface area contributed by atoms with Crippen molar-refractivity contribution in [2.24, 2.45) is 0 Å². The van der Waals surface area contributed by atoms with Gasteiger partial charge in [0.1, 0.15) is 17.5 Å². The highest BCUT2D eigenvalue weighted by Gasteiger charge is 2.22. The molecule has 9 nitrogen and oxygen atoms in total. The molecule has 0 aliphatic rings. The van der Waals surface area contributed by atoms with Gasteiger partial charge in [-0.05, 0) is 48.8 Å². The SMILES string of the molecule is COc1cc(OC)cc(C(=O)N[C@@H](CCSC)C(=O)Nc2ccc3oc(=O)[nH]c3c2)c1. The van der Waals surface area contributed by atoms with E-state index in [4.69, 9.17) is 13.9 Å². The molecule has 3 rings (SSSR count). The molecule has 2 aromatic carbocycles. The number of aromatic amines is 1. The summed E-state index contributed by atoms with van der Waals surface area (Å²) in [4.78, 5) is 39.6. The van der Waals surface area contributed by atoms with Crippen molar-refractivity contribution in [3.05, 3.63) is 52.5 Å². The van der Waals surface area contributed by atoms with Crippen molar-refractivity contribution in [3.8, 4) is 11.5 Å². The van der Waals surface area contributed by atoms with Crippen molar-refractivity contribution in [1.29, 1.82) is 0 Å². The summed E-state index contributed by atoms with van der Waals surface area (Å²) in [5.41, 5.74) is 1.65. The van der Waals surface area contributed by atoms with Crippen LogP contribution in [-0.2, 0) is 4.79 Å². The molecule has 0 saturated carbocycles. The summed E-state index contributed by atoms with van der Waals surface area (Å²) in [5.74, 6) is 0.246. The van der Waals surface area contributed by atoms with Gasteiger partial charge in [0, 0.05) is 17.3 Å². The van der Waals surface area contributed by atoms with E-state index in [9.17, 15) is 14.4 Å². The zero-order chi connectivity index (χ0) is 22.4. The van der Waals surface area contributed by atoms with Gasteiger partial charge < -0.3 is 24.5 Å². The van der Waals surface area contributed by atoms with Gasteiger partial charge in [0.05, 0.1) is 19.7 Å². The standard InChI is InChI=1S/C21H23N3O6S/c1-28-14-8-12(9-15(11-14)29-2)19(25)23-16(6-7-31-3)20(26)22-13-4-5-18-17(10-13)24-21(27)30-18/h4-5,8-11,16H,6-7H2,1-3H3,(H,22,26)(H,23,25)(H,24,27)/t16-/m0/s1. The molecule has 1 atom stereocenters. The van der Waals surface area contributed by atoms with E-state index in [0.717, 1.165) is 0 Å². The summed E-state index contributed by atoms with van der Waals surface area (Å²) in [5, 5.41) is 5.56. The molecule has 0 bridgehead atoms. The van der Waals surface area contributed by atoms with Crippen LogP contribution in [0.1, 0.15) is 16.8 Å². The first-order chi connectivity index (χ1) is 14.9. The fourth-order valence-electron chi connectivity index (χ4n) is 2.94. The zero-order valence-electron chi connectivity index (χ0n) is 17.3. The Kier molecular flexibility index (Phi) is 7.24. The van der Waals surface area contributed by atoms with Crippen LogP contribution in [0.4, 0.5) is 5.69 Å². The fraction of sp³-hybridized carbons (Fsp3) is 0.286. The van der Waals surface area contributed by atoms with E-state index in [1.54, 1.807) is 48.2 Å². The minimum absolute atomic E-state index is 0.315. The van der Waals surface area contributed by atoms with E-state index in [1.807, 2.05) is 6.26 Å². The van der Waals surface area contributed by atoms with Crippen molar-refractivity contribution >= 4 is 40.4 Å². The molecule has 2 amide bonds. The van der Waals surface area contributed by atoms with Crippen LogP contribution in [-0.4, -0.2) is 49.1 Å². The molecule has 0 aliphatic heterocycles. The molecule has 0 saturated heterocycles. The van der Waals surface area contributed by atoms with Crippen molar-refractivity contribution in [1.82, 2.24) is 10.3 Å². The van der Waals surface area contributed by atoms with E-state index in [2.05, 4.69) is 15.6 Å². The lowest BCUT2D eigenvalue weighted by atomic mass is 10.1. The molecule has 0 aliphatic carbocycles. The van der Waals surface area contributed by atoms with Gasteiger partial charge in [-0.2, -0.15) is 11.8 Å². The Bertz CT molecular complexity index is 1120. The number of hydrogen-bond acceptors (Lipinski definition) is 7. The average molecular weight is 445 g/mol. The van der Waals surface area contributed by atoms with Gasteiger partial charge in [0.15, 0.2) is 5.58 Å². The number of hydrogen-bond donors (Lipinski definition) is 3. The number of anilines is 1. The first-order valence-electron chi connectivity index (χ1n) is 9.40. The van der Waals surface area contributed by atoms with Crippen molar-refractivity contribution in [2.45, 2.75) is 12.5 Å². The molecule has 164 valence electrons. The van der Waals surface area contributed by atoms with Crippen molar-refractivity contribution in [3.63, 3.8) is 0 Å². The molecular weight excluding hydrogens is 422 g/mol. The maximum Gasteiger partial charge on any atom is 0.417 e. The van der Waals surface area contributed by atoms with Gasteiger partial charge in [-0.1, -0.05) is 0 Å². The Balaban J connectivity index is 1.77. The molecule has 0 fully saturated rings. The lowest BCUT2D eigenvalue weighted by Gasteiger charge is -2.19. The predicted octanol–water partition coefficient (Wildman–Crippen LogP) is 2.63. The number of fused-ring (bicyclic) bond motifs is 1. The third kappa shape index (κ3) is 5.60. The maximum atomic E-state index is 12.9. The Hall–Kier alpha value is -3.40. The zero-order valence-corrected chi connectivity index (χ0v) is 18.1. The highest BCUT2D eigenvalue weighted by molar-refractivity contribution is 7.98. The van der Waals surface area contributed by atoms with Crippen LogP contribution in [0.2, 0.25) is 0 Å². The Labute approximate surface area is 182 Å². The summed E-state index contributed by atoms with van der Waals surface area (Å²) >= 11 is 1.57.